The van der Waals surface area contributed by atoms with Gasteiger partial charge in [-0.25, -0.2) is 15.0 Å². The number of hydrogen-bond acceptors (Lipinski definition) is 9. The van der Waals surface area contributed by atoms with Gasteiger partial charge in [0, 0.05) is 42.7 Å². The SMILES string of the molecule is C.CNc1nccc(Sc2nc(CO)c(N3CCC4(CC3)CO[C@@H](C)[C@H]4N)nc2C)c1Cl. The number of piperidine rings is 1. The van der Waals surface area contributed by atoms with Crippen LogP contribution in [0.3, 0.4) is 0 Å². The largest absolute Gasteiger partial charge is 0.390 e. The van der Waals surface area contributed by atoms with Crippen LogP contribution in [0.4, 0.5) is 11.6 Å². The number of halogens is 1. The fourth-order valence-corrected chi connectivity index (χ4v) is 5.60. The molecular formula is C22H33ClN6O2S. The summed E-state index contributed by atoms with van der Waals surface area (Å²) in [5.41, 5.74) is 7.85. The summed E-state index contributed by atoms with van der Waals surface area (Å²) >= 11 is 7.87. The van der Waals surface area contributed by atoms with E-state index in [9.17, 15) is 5.11 Å². The Hall–Kier alpha value is -1.65. The van der Waals surface area contributed by atoms with Crippen molar-refractivity contribution in [3.63, 3.8) is 0 Å². The topological polar surface area (TPSA) is 109 Å². The zero-order valence-corrected chi connectivity index (χ0v) is 19.6. The van der Waals surface area contributed by atoms with Gasteiger partial charge >= 0.3 is 0 Å². The molecule has 2 aliphatic heterocycles. The molecule has 2 atom stereocenters. The highest BCUT2D eigenvalue weighted by Crippen LogP contribution is 2.42. The first kappa shape index (κ1) is 25.0. The highest BCUT2D eigenvalue weighted by atomic mass is 35.5. The Kier molecular flexibility index (Phi) is 7.88. The Balaban J connectivity index is 0.00000289. The molecule has 0 radical (unpaired) electrons. The van der Waals surface area contributed by atoms with Crippen LogP contribution in [0.15, 0.2) is 22.2 Å². The van der Waals surface area contributed by atoms with Gasteiger partial charge in [-0.1, -0.05) is 30.8 Å². The minimum absolute atomic E-state index is 0. The number of ether oxygens (including phenoxy) is 1. The number of hydrogen-bond donors (Lipinski definition) is 3. The summed E-state index contributed by atoms with van der Waals surface area (Å²) in [5, 5.41) is 14.3. The number of aromatic nitrogens is 3. The molecule has 4 N–H and O–H groups in total. The summed E-state index contributed by atoms with van der Waals surface area (Å²) in [7, 11) is 1.78. The van der Waals surface area contributed by atoms with Crippen molar-refractivity contribution in [1.82, 2.24) is 15.0 Å². The maximum absolute atomic E-state index is 10.0. The van der Waals surface area contributed by atoms with E-state index in [-0.39, 0.29) is 31.6 Å². The van der Waals surface area contributed by atoms with Crippen molar-refractivity contribution in [2.45, 2.75) is 62.8 Å². The molecule has 8 nitrogen and oxygen atoms in total. The number of aliphatic hydroxyl groups is 1. The van der Waals surface area contributed by atoms with Crippen molar-refractivity contribution in [2.24, 2.45) is 11.1 Å². The monoisotopic (exact) mass is 480 g/mol. The Labute approximate surface area is 199 Å². The van der Waals surface area contributed by atoms with E-state index < -0.39 is 0 Å². The Bertz CT molecular complexity index is 954. The molecule has 2 aromatic heterocycles. The maximum atomic E-state index is 10.0. The minimum atomic E-state index is -0.177. The van der Waals surface area contributed by atoms with E-state index in [4.69, 9.17) is 32.0 Å². The van der Waals surface area contributed by atoms with E-state index in [1.54, 1.807) is 13.2 Å². The Morgan fingerprint density at radius 1 is 1.38 bits per heavy atom. The first-order valence-electron chi connectivity index (χ1n) is 10.5. The fraction of sp³-hybridized carbons (Fsp3) is 0.591. The van der Waals surface area contributed by atoms with Crippen molar-refractivity contribution in [2.75, 3.05) is 37.0 Å². The van der Waals surface area contributed by atoms with Crippen LogP contribution in [0.2, 0.25) is 5.02 Å². The number of aryl methyl sites for hydroxylation is 1. The molecule has 0 aromatic carbocycles. The first-order chi connectivity index (χ1) is 14.9. The van der Waals surface area contributed by atoms with Crippen molar-refractivity contribution < 1.29 is 9.84 Å². The van der Waals surface area contributed by atoms with Crippen LogP contribution in [0.25, 0.3) is 0 Å². The van der Waals surface area contributed by atoms with Crippen LogP contribution in [-0.4, -0.2) is 58.9 Å². The van der Waals surface area contributed by atoms with E-state index in [1.807, 2.05) is 13.0 Å². The zero-order chi connectivity index (χ0) is 22.2. The molecule has 0 aliphatic carbocycles. The molecule has 0 amide bonds. The van der Waals surface area contributed by atoms with E-state index >= 15 is 0 Å². The van der Waals surface area contributed by atoms with Crippen LogP contribution in [0.1, 0.15) is 38.6 Å². The van der Waals surface area contributed by atoms with Gasteiger partial charge in [0.2, 0.25) is 0 Å². The predicted molar refractivity (Wildman–Crippen MR) is 130 cm³/mol. The van der Waals surface area contributed by atoms with Gasteiger partial charge in [0.25, 0.3) is 0 Å². The molecule has 0 unspecified atom stereocenters. The van der Waals surface area contributed by atoms with Crippen LogP contribution in [0, 0.1) is 12.3 Å². The highest BCUT2D eigenvalue weighted by molar-refractivity contribution is 7.99. The molecule has 0 saturated carbocycles. The summed E-state index contributed by atoms with van der Waals surface area (Å²) in [6.45, 7) is 6.16. The maximum Gasteiger partial charge on any atom is 0.153 e. The quantitative estimate of drug-likeness (QED) is 0.592. The van der Waals surface area contributed by atoms with Crippen molar-refractivity contribution in [1.29, 1.82) is 0 Å². The second-order valence-corrected chi connectivity index (χ2v) is 9.67. The van der Waals surface area contributed by atoms with E-state index in [0.29, 0.717) is 16.5 Å². The lowest BCUT2D eigenvalue weighted by atomic mass is 9.73. The predicted octanol–water partition coefficient (Wildman–Crippen LogP) is 3.49. The number of anilines is 2. The van der Waals surface area contributed by atoms with Crippen LogP contribution >= 0.6 is 23.4 Å². The summed E-state index contributed by atoms with van der Waals surface area (Å²) in [5.74, 6) is 1.36. The van der Waals surface area contributed by atoms with Gasteiger partial charge in [0.1, 0.15) is 16.5 Å². The lowest BCUT2D eigenvalue weighted by molar-refractivity contribution is 0.0973. The zero-order valence-electron chi connectivity index (χ0n) is 18.1. The number of pyridine rings is 1. The van der Waals surface area contributed by atoms with Crippen LogP contribution in [0.5, 0.6) is 0 Å². The van der Waals surface area contributed by atoms with Gasteiger partial charge in [0.05, 0.1) is 30.0 Å². The molecule has 2 fully saturated rings. The fourth-order valence-electron chi connectivity index (χ4n) is 4.40. The van der Waals surface area contributed by atoms with Gasteiger partial charge in [-0.15, -0.1) is 0 Å². The standard InChI is InChI=1S/C21H29ClN6O2S.CH4/c1-12-20(31-15-4-7-25-18(24-3)16(15)22)27-14(10-29)19(26-12)28-8-5-21(6-9-28)11-30-13(2)17(21)23;/h4,7,13,17,29H,5-6,8-11,23H2,1-3H3,(H,24,25);1H4/t13-,17+;/m0./s1. The molecule has 10 heteroatoms. The normalized spacial score (nSPS) is 22.1. The molecule has 2 aliphatic rings. The molecule has 32 heavy (non-hydrogen) atoms. The van der Waals surface area contributed by atoms with Crippen LogP contribution < -0.4 is 16.0 Å². The average molecular weight is 481 g/mol. The summed E-state index contributed by atoms with van der Waals surface area (Å²) in [6, 6.07) is 1.91. The van der Waals surface area contributed by atoms with E-state index in [2.05, 4.69) is 22.1 Å². The third-order valence-electron chi connectivity index (χ3n) is 6.43. The number of nitrogens with one attached hydrogen (secondary N) is 1. The molecule has 1 spiro atoms. The van der Waals surface area contributed by atoms with Gasteiger partial charge in [-0.3, -0.25) is 0 Å². The Morgan fingerprint density at radius 2 is 2.09 bits per heavy atom. The lowest BCUT2D eigenvalue weighted by Gasteiger charge is -2.42. The number of rotatable bonds is 5. The van der Waals surface area contributed by atoms with E-state index in [1.165, 1.54) is 11.8 Å². The number of nitrogens with zero attached hydrogens (tertiary/aromatic N) is 4. The third kappa shape index (κ3) is 4.54. The average Bonchev–Trinajstić information content (AvgIpc) is 3.05. The van der Waals surface area contributed by atoms with Gasteiger partial charge in [0.15, 0.2) is 5.82 Å². The van der Waals surface area contributed by atoms with E-state index in [0.717, 1.165) is 54.0 Å². The third-order valence-corrected chi connectivity index (χ3v) is 8.06. The smallest absolute Gasteiger partial charge is 0.153 e. The van der Waals surface area contributed by atoms with Gasteiger partial charge < -0.3 is 25.8 Å². The van der Waals surface area contributed by atoms with Gasteiger partial charge in [-0.05, 0) is 32.8 Å². The molecule has 2 aromatic rings. The van der Waals surface area contributed by atoms with Crippen molar-refractivity contribution in [3.8, 4) is 0 Å². The molecule has 0 bridgehead atoms. The van der Waals surface area contributed by atoms with Crippen LogP contribution in [-0.2, 0) is 11.3 Å². The summed E-state index contributed by atoms with van der Waals surface area (Å²) < 4.78 is 5.83. The molecule has 4 heterocycles. The minimum Gasteiger partial charge on any atom is -0.390 e. The molecule has 4 rings (SSSR count). The lowest BCUT2D eigenvalue weighted by Crippen LogP contribution is -2.51. The summed E-state index contributed by atoms with van der Waals surface area (Å²) in [4.78, 5) is 16.8. The molecule has 176 valence electrons. The number of aliphatic hydroxyl groups excluding tert-OH is 1. The second-order valence-electron chi connectivity index (χ2n) is 8.26. The number of nitrogens with two attached hydrogens (primary N) is 1. The second kappa shape index (κ2) is 10.1. The summed E-state index contributed by atoms with van der Waals surface area (Å²) in [6.07, 6.45) is 3.69. The highest BCUT2D eigenvalue weighted by Gasteiger charge is 2.47. The molecular weight excluding hydrogens is 448 g/mol. The van der Waals surface area contributed by atoms with Gasteiger partial charge in [-0.2, -0.15) is 0 Å². The van der Waals surface area contributed by atoms with Crippen molar-refractivity contribution >= 4 is 35.0 Å². The Morgan fingerprint density at radius 3 is 2.69 bits per heavy atom. The molecule has 2 saturated heterocycles. The van der Waals surface area contributed by atoms with Crippen molar-refractivity contribution in [3.05, 3.63) is 28.7 Å². The first-order valence-corrected chi connectivity index (χ1v) is 11.7.